The van der Waals surface area contributed by atoms with Gasteiger partial charge in [-0.15, -0.1) is 0 Å². The van der Waals surface area contributed by atoms with Crippen LogP contribution in [0.25, 0.3) is 0 Å². The molecule has 0 aliphatic rings. The van der Waals surface area contributed by atoms with E-state index < -0.39 is 0 Å². The summed E-state index contributed by atoms with van der Waals surface area (Å²) in [7, 11) is 1.57. The van der Waals surface area contributed by atoms with Crippen molar-refractivity contribution in [2.75, 3.05) is 7.11 Å². The zero-order chi connectivity index (χ0) is 7.28. The Kier molecular flexibility index (Phi) is 4.05. The van der Waals surface area contributed by atoms with Crippen LogP contribution in [-0.2, 0) is 9.53 Å². The Morgan fingerprint density at radius 3 is 2.22 bits per heavy atom. The van der Waals surface area contributed by atoms with Crippen molar-refractivity contribution in [3.8, 4) is 0 Å². The molecule has 54 valence electrons. The van der Waals surface area contributed by atoms with E-state index in [0.717, 1.165) is 0 Å². The molecule has 1 N–H and O–H groups in total. The van der Waals surface area contributed by atoms with Gasteiger partial charge in [-0.2, -0.15) is 0 Å². The monoisotopic (exact) mass is 131 g/mol. The van der Waals surface area contributed by atoms with Gasteiger partial charge in [-0.05, 0) is 5.92 Å². The summed E-state index contributed by atoms with van der Waals surface area (Å²) in [5, 5.41) is 2.53. The van der Waals surface area contributed by atoms with Crippen molar-refractivity contribution in [1.29, 1.82) is 0 Å². The molecule has 0 heterocycles. The van der Waals surface area contributed by atoms with Crippen LogP contribution in [0.5, 0.6) is 0 Å². The summed E-state index contributed by atoms with van der Waals surface area (Å²) >= 11 is 0. The summed E-state index contributed by atoms with van der Waals surface area (Å²) in [6.45, 7) is 3.95. The highest BCUT2D eigenvalue weighted by Gasteiger charge is 2.08. The first-order valence-electron chi connectivity index (χ1n) is 2.95. The van der Waals surface area contributed by atoms with Gasteiger partial charge in [-0.3, -0.25) is 4.79 Å². The first kappa shape index (κ1) is 8.43. The Bertz CT molecular complexity index is 83.1. The van der Waals surface area contributed by atoms with Gasteiger partial charge in [0.15, 0.2) is 0 Å². The second kappa shape index (κ2) is 4.32. The first-order chi connectivity index (χ1) is 4.22. The van der Waals surface area contributed by atoms with Gasteiger partial charge in [-0.25, -0.2) is 0 Å². The molecule has 1 atom stereocenters. The minimum Gasteiger partial charge on any atom is -0.361 e. The Morgan fingerprint density at radius 2 is 2.11 bits per heavy atom. The number of hydrogen-bond donors (Lipinski definition) is 1. The van der Waals surface area contributed by atoms with Gasteiger partial charge in [0.1, 0.15) is 6.23 Å². The molecule has 3 heteroatoms. The summed E-state index contributed by atoms with van der Waals surface area (Å²) in [6.07, 6.45) is 0.497. The molecule has 0 aliphatic heterocycles. The van der Waals surface area contributed by atoms with Crippen molar-refractivity contribution in [3.63, 3.8) is 0 Å². The molecule has 0 aliphatic carbocycles. The van der Waals surface area contributed by atoms with Gasteiger partial charge in [-0.1, -0.05) is 13.8 Å². The van der Waals surface area contributed by atoms with Crippen LogP contribution in [0.3, 0.4) is 0 Å². The van der Waals surface area contributed by atoms with Gasteiger partial charge >= 0.3 is 0 Å². The SMILES string of the molecule is COC(NC=O)C(C)C. The van der Waals surface area contributed by atoms with Crippen LogP contribution in [0.15, 0.2) is 0 Å². The lowest BCUT2D eigenvalue weighted by Crippen LogP contribution is -2.34. The van der Waals surface area contributed by atoms with Crippen molar-refractivity contribution in [1.82, 2.24) is 5.32 Å². The highest BCUT2D eigenvalue weighted by atomic mass is 16.5. The molecule has 0 rings (SSSR count). The summed E-state index contributed by atoms with van der Waals surface area (Å²) in [5.41, 5.74) is 0. The fourth-order valence-corrected chi connectivity index (χ4v) is 0.600. The number of amides is 1. The van der Waals surface area contributed by atoms with Crippen LogP contribution in [-0.4, -0.2) is 19.7 Å². The summed E-state index contributed by atoms with van der Waals surface area (Å²) in [5.74, 6) is 0.320. The highest BCUT2D eigenvalue weighted by Crippen LogP contribution is 1.99. The Balaban J connectivity index is 3.53. The third-order valence-electron chi connectivity index (χ3n) is 1.09. The van der Waals surface area contributed by atoms with Crippen molar-refractivity contribution in [2.45, 2.75) is 20.1 Å². The maximum Gasteiger partial charge on any atom is 0.209 e. The normalized spacial score (nSPS) is 13.3. The molecule has 3 nitrogen and oxygen atoms in total. The first-order valence-corrected chi connectivity index (χ1v) is 2.95. The third kappa shape index (κ3) is 3.08. The number of ether oxygens (including phenoxy) is 1. The number of hydrogen-bond acceptors (Lipinski definition) is 2. The predicted octanol–water partition coefficient (Wildman–Crippen LogP) is 0.361. The topological polar surface area (TPSA) is 38.3 Å². The second-order valence-corrected chi connectivity index (χ2v) is 2.18. The van der Waals surface area contributed by atoms with Crippen LogP contribution >= 0.6 is 0 Å². The quantitative estimate of drug-likeness (QED) is 0.442. The van der Waals surface area contributed by atoms with Gasteiger partial charge in [0.25, 0.3) is 0 Å². The van der Waals surface area contributed by atoms with Gasteiger partial charge in [0.2, 0.25) is 6.41 Å². The van der Waals surface area contributed by atoms with E-state index in [0.29, 0.717) is 12.3 Å². The molecule has 0 aromatic rings. The molecular weight excluding hydrogens is 118 g/mol. The number of carbonyl (C=O) groups excluding carboxylic acids is 1. The molecule has 0 bridgehead atoms. The Morgan fingerprint density at radius 1 is 1.56 bits per heavy atom. The Labute approximate surface area is 55.4 Å². The summed E-state index contributed by atoms with van der Waals surface area (Å²) in [4.78, 5) is 9.89. The van der Waals surface area contributed by atoms with Crippen LogP contribution < -0.4 is 5.32 Å². The van der Waals surface area contributed by atoms with Crippen LogP contribution in [0, 0.1) is 5.92 Å². The number of carbonyl (C=O) groups is 1. The minimum absolute atomic E-state index is 0.150. The van der Waals surface area contributed by atoms with E-state index in [2.05, 4.69) is 5.32 Å². The van der Waals surface area contributed by atoms with Crippen LogP contribution in [0.4, 0.5) is 0 Å². The summed E-state index contributed by atoms with van der Waals surface area (Å²) in [6, 6.07) is 0. The average Bonchev–Trinajstić information content (AvgIpc) is 1.82. The van der Waals surface area contributed by atoms with Gasteiger partial charge < -0.3 is 10.1 Å². The molecule has 0 aromatic heterocycles. The van der Waals surface area contributed by atoms with Gasteiger partial charge in [0.05, 0.1) is 0 Å². The minimum atomic E-state index is -0.150. The highest BCUT2D eigenvalue weighted by molar-refractivity contribution is 5.46. The molecule has 0 saturated carbocycles. The molecule has 0 aromatic carbocycles. The van der Waals surface area contributed by atoms with Crippen LogP contribution in [0.2, 0.25) is 0 Å². The van der Waals surface area contributed by atoms with Gasteiger partial charge in [0, 0.05) is 7.11 Å². The molecular formula is C6H13NO2. The van der Waals surface area contributed by atoms with Crippen molar-refractivity contribution >= 4 is 6.41 Å². The molecule has 0 radical (unpaired) electrons. The van der Waals surface area contributed by atoms with E-state index in [1.165, 1.54) is 0 Å². The van der Waals surface area contributed by atoms with E-state index in [4.69, 9.17) is 4.74 Å². The number of rotatable bonds is 4. The zero-order valence-electron chi connectivity index (χ0n) is 6.05. The number of methoxy groups -OCH3 is 1. The molecule has 0 spiro atoms. The van der Waals surface area contributed by atoms with E-state index >= 15 is 0 Å². The average molecular weight is 131 g/mol. The lowest BCUT2D eigenvalue weighted by atomic mass is 10.2. The van der Waals surface area contributed by atoms with E-state index in [9.17, 15) is 4.79 Å². The van der Waals surface area contributed by atoms with E-state index in [1.807, 2.05) is 13.8 Å². The fourth-order valence-electron chi connectivity index (χ4n) is 0.600. The lowest BCUT2D eigenvalue weighted by molar-refractivity contribution is -0.113. The fraction of sp³-hybridized carbons (Fsp3) is 0.833. The largest absolute Gasteiger partial charge is 0.361 e. The maximum atomic E-state index is 9.89. The molecule has 1 unspecified atom stereocenters. The second-order valence-electron chi connectivity index (χ2n) is 2.18. The number of nitrogens with one attached hydrogen (secondary N) is 1. The van der Waals surface area contributed by atoms with Crippen molar-refractivity contribution in [3.05, 3.63) is 0 Å². The van der Waals surface area contributed by atoms with Crippen LogP contribution in [0.1, 0.15) is 13.8 Å². The van der Waals surface area contributed by atoms with E-state index in [1.54, 1.807) is 7.11 Å². The maximum absolute atomic E-state index is 9.89. The molecule has 9 heavy (non-hydrogen) atoms. The van der Waals surface area contributed by atoms with Crippen molar-refractivity contribution in [2.24, 2.45) is 5.92 Å². The summed E-state index contributed by atoms with van der Waals surface area (Å²) < 4.78 is 4.91. The lowest BCUT2D eigenvalue weighted by Gasteiger charge is -2.17. The smallest absolute Gasteiger partial charge is 0.209 e. The molecule has 1 amide bonds. The van der Waals surface area contributed by atoms with E-state index in [-0.39, 0.29) is 6.23 Å². The predicted molar refractivity (Wildman–Crippen MR) is 34.8 cm³/mol. The Hall–Kier alpha value is -0.570. The van der Waals surface area contributed by atoms with Crippen molar-refractivity contribution < 1.29 is 9.53 Å². The molecule has 0 saturated heterocycles. The zero-order valence-corrected chi connectivity index (χ0v) is 6.05. The standard InChI is InChI=1S/C6H13NO2/c1-5(2)6(9-3)7-4-8/h4-6H,1-3H3,(H,7,8). The molecule has 0 fully saturated rings. The third-order valence-corrected chi connectivity index (χ3v) is 1.09.